The molecule has 0 saturated heterocycles. The summed E-state index contributed by atoms with van der Waals surface area (Å²) in [5.41, 5.74) is 1.06. The molecule has 0 unspecified atom stereocenters. The van der Waals surface area contributed by atoms with Crippen LogP contribution in [0.3, 0.4) is 0 Å². The lowest BCUT2D eigenvalue weighted by atomic mass is 10.2. The number of nitrogens with zero attached hydrogens (tertiary/aromatic N) is 1. The highest BCUT2D eigenvalue weighted by Crippen LogP contribution is 2.17. The number of carbonyl (C=O) groups is 2. The number of amides is 2. The van der Waals surface area contributed by atoms with Crippen LogP contribution in [0.25, 0.3) is 0 Å². The van der Waals surface area contributed by atoms with Crippen molar-refractivity contribution >= 4 is 17.5 Å². The molecule has 0 aliphatic rings. The quantitative estimate of drug-likeness (QED) is 0.840. The zero-order valence-electron chi connectivity index (χ0n) is 14.6. The Kier molecular flexibility index (Phi) is 6.39. The van der Waals surface area contributed by atoms with Crippen LogP contribution in [0.2, 0.25) is 0 Å². The van der Waals surface area contributed by atoms with Gasteiger partial charge in [0.1, 0.15) is 11.5 Å². The third kappa shape index (κ3) is 5.53. The summed E-state index contributed by atoms with van der Waals surface area (Å²) in [5.74, 6) is 0.905. The molecule has 0 atom stereocenters. The van der Waals surface area contributed by atoms with Gasteiger partial charge in [-0.15, -0.1) is 0 Å². The van der Waals surface area contributed by atoms with Gasteiger partial charge in [0.05, 0.1) is 6.61 Å². The van der Waals surface area contributed by atoms with Gasteiger partial charge in [0.25, 0.3) is 11.8 Å². The molecule has 0 spiro atoms. The smallest absolute Gasteiger partial charge is 0.262 e. The number of nitrogens with one attached hydrogen (secondary N) is 1. The summed E-state index contributed by atoms with van der Waals surface area (Å²) in [4.78, 5) is 25.4. The highest BCUT2D eigenvalue weighted by molar-refractivity contribution is 5.97. The lowest BCUT2D eigenvalue weighted by Gasteiger charge is -2.12. The molecule has 6 heteroatoms. The molecule has 0 radical (unpaired) electrons. The summed E-state index contributed by atoms with van der Waals surface area (Å²) in [5, 5.41) is 2.72. The second-order valence-corrected chi connectivity index (χ2v) is 5.52. The number of anilines is 1. The Morgan fingerprint density at radius 2 is 1.64 bits per heavy atom. The molecule has 2 aromatic carbocycles. The largest absolute Gasteiger partial charge is 0.494 e. The van der Waals surface area contributed by atoms with E-state index in [9.17, 15) is 9.59 Å². The fourth-order valence-corrected chi connectivity index (χ4v) is 2.13. The third-order valence-electron chi connectivity index (χ3n) is 3.30. The minimum Gasteiger partial charge on any atom is -0.494 e. The Morgan fingerprint density at radius 1 is 1.00 bits per heavy atom. The van der Waals surface area contributed by atoms with E-state index in [4.69, 9.17) is 9.47 Å². The lowest BCUT2D eigenvalue weighted by Crippen LogP contribution is -2.23. The van der Waals surface area contributed by atoms with Gasteiger partial charge >= 0.3 is 0 Å². The first kappa shape index (κ1) is 18.3. The van der Waals surface area contributed by atoms with Crippen molar-refractivity contribution in [3.63, 3.8) is 0 Å². The van der Waals surface area contributed by atoms with Crippen molar-refractivity contribution in [2.24, 2.45) is 0 Å². The van der Waals surface area contributed by atoms with E-state index in [1.807, 2.05) is 6.92 Å². The molecule has 25 heavy (non-hydrogen) atoms. The first-order valence-corrected chi connectivity index (χ1v) is 7.97. The van der Waals surface area contributed by atoms with Gasteiger partial charge in [0, 0.05) is 25.3 Å². The van der Waals surface area contributed by atoms with E-state index < -0.39 is 0 Å². The SMILES string of the molecule is CCOc1ccc(OCC(=O)Nc2cccc(C(=O)N(C)C)c2)cc1. The molecule has 0 aliphatic carbocycles. The Hall–Kier alpha value is -3.02. The van der Waals surface area contributed by atoms with E-state index in [1.165, 1.54) is 4.90 Å². The first-order chi connectivity index (χ1) is 12.0. The van der Waals surface area contributed by atoms with E-state index in [0.29, 0.717) is 23.6 Å². The molecule has 2 rings (SSSR count). The number of benzene rings is 2. The lowest BCUT2D eigenvalue weighted by molar-refractivity contribution is -0.118. The van der Waals surface area contributed by atoms with Crippen LogP contribution in [0.1, 0.15) is 17.3 Å². The summed E-state index contributed by atoms with van der Waals surface area (Å²) in [6.07, 6.45) is 0. The molecular weight excluding hydrogens is 320 g/mol. The molecule has 0 fully saturated rings. The van der Waals surface area contributed by atoms with Gasteiger partial charge in [-0.2, -0.15) is 0 Å². The van der Waals surface area contributed by atoms with E-state index in [0.717, 1.165) is 5.75 Å². The number of hydrogen-bond acceptors (Lipinski definition) is 4. The van der Waals surface area contributed by atoms with Crippen molar-refractivity contribution in [2.75, 3.05) is 32.6 Å². The van der Waals surface area contributed by atoms with Crippen LogP contribution in [0, 0.1) is 0 Å². The molecule has 132 valence electrons. The van der Waals surface area contributed by atoms with Crippen molar-refractivity contribution in [1.82, 2.24) is 4.90 Å². The Balaban J connectivity index is 1.90. The molecule has 1 N–H and O–H groups in total. The summed E-state index contributed by atoms with van der Waals surface area (Å²) in [6.45, 7) is 2.38. The molecule has 0 saturated carbocycles. The first-order valence-electron chi connectivity index (χ1n) is 7.97. The number of hydrogen-bond donors (Lipinski definition) is 1. The van der Waals surface area contributed by atoms with E-state index >= 15 is 0 Å². The normalized spacial score (nSPS) is 10.0. The Bertz CT molecular complexity index is 726. The number of rotatable bonds is 7. The van der Waals surface area contributed by atoms with Crippen molar-refractivity contribution in [3.05, 3.63) is 54.1 Å². The van der Waals surface area contributed by atoms with Gasteiger partial charge < -0.3 is 19.7 Å². The summed E-state index contributed by atoms with van der Waals surface area (Å²) in [6, 6.07) is 13.8. The standard InChI is InChI=1S/C19H22N2O4/c1-4-24-16-8-10-17(11-9-16)25-13-18(22)20-15-7-5-6-14(12-15)19(23)21(2)3/h5-12H,4,13H2,1-3H3,(H,20,22). The van der Waals surface area contributed by atoms with Crippen LogP contribution < -0.4 is 14.8 Å². The van der Waals surface area contributed by atoms with Crippen LogP contribution in [0.5, 0.6) is 11.5 Å². The zero-order valence-corrected chi connectivity index (χ0v) is 14.6. The van der Waals surface area contributed by atoms with Gasteiger partial charge in [0.15, 0.2) is 6.61 Å². The van der Waals surface area contributed by atoms with Crippen LogP contribution in [-0.4, -0.2) is 44.0 Å². The van der Waals surface area contributed by atoms with Gasteiger partial charge in [-0.25, -0.2) is 0 Å². The topological polar surface area (TPSA) is 67.9 Å². The fraction of sp³-hybridized carbons (Fsp3) is 0.263. The minimum absolute atomic E-state index is 0.123. The van der Waals surface area contributed by atoms with Gasteiger partial charge in [0.2, 0.25) is 0 Å². The summed E-state index contributed by atoms with van der Waals surface area (Å²) in [7, 11) is 3.36. The van der Waals surface area contributed by atoms with Crippen LogP contribution in [-0.2, 0) is 4.79 Å². The molecule has 0 bridgehead atoms. The van der Waals surface area contributed by atoms with Crippen molar-refractivity contribution in [1.29, 1.82) is 0 Å². The van der Waals surface area contributed by atoms with E-state index in [2.05, 4.69) is 5.32 Å². The number of ether oxygens (including phenoxy) is 2. The van der Waals surface area contributed by atoms with E-state index in [1.54, 1.807) is 62.6 Å². The molecule has 2 amide bonds. The average molecular weight is 342 g/mol. The predicted octanol–water partition coefficient (Wildman–Crippen LogP) is 2.80. The van der Waals surface area contributed by atoms with Crippen LogP contribution in [0.4, 0.5) is 5.69 Å². The Morgan fingerprint density at radius 3 is 2.24 bits per heavy atom. The van der Waals surface area contributed by atoms with Crippen molar-refractivity contribution < 1.29 is 19.1 Å². The molecule has 2 aromatic rings. The van der Waals surface area contributed by atoms with Gasteiger partial charge in [-0.1, -0.05) is 6.07 Å². The fourth-order valence-electron chi connectivity index (χ4n) is 2.13. The minimum atomic E-state index is -0.302. The molecule has 0 heterocycles. The van der Waals surface area contributed by atoms with Crippen molar-refractivity contribution in [3.8, 4) is 11.5 Å². The van der Waals surface area contributed by atoms with Gasteiger partial charge in [-0.3, -0.25) is 9.59 Å². The predicted molar refractivity (Wildman–Crippen MR) is 96.2 cm³/mol. The maximum Gasteiger partial charge on any atom is 0.262 e. The summed E-state index contributed by atoms with van der Waals surface area (Å²) >= 11 is 0. The summed E-state index contributed by atoms with van der Waals surface area (Å²) < 4.78 is 10.8. The zero-order chi connectivity index (χ0) is 18.2. The third-order valence-corrected chi connectivity index (χ3v) is 3.30. The number of carbonyl (C=O) groups excluding carboxylic acids is 2. The molecule has 6 nitrogen and oxygen atoms in total. The van der Waals surface area contributed by atoms with Crippen LogP contribution >= 0.6 is 0 Å². The highest BCUT2D eigenvalue weighted by Gasteiger charge is 2.10. The van der Waals surface area contributed by atoms with E-state index in [-0.39, 0.29) is 18.4 Å². The molecular formula is C19H22N2O4. The van der Waals surface area contributed by atoms with Crippen LogP contribution in [0.15, 0.2) is 48.5 Å². The van der Waals surface area contributed by atoms with Gasteiger partial charge in [-0.05, 0) is 49.4 Å². The second kappa shape index (κ2) is 8.73. The maximum absolute atomic E-state index is 12.0. The Labute approximate surface area is 147 Å². The average Bonchev–Trinajstić information content (AvgIpc) is 2.61. The highest BCUT2D eigenvalue weighted by atomic mass is 16.5. The second-order valence-electron chi connectivity index (χ2n) is 5.52. The monoisotopic (exact) mass is 342 g/mol. The van der Waals surface area contributed by atoms with Crippen molar-refractivity contribution in [2.45, 2.75) is 6.92 Å². The molecule has 0 aliphatic heterocycles. The molecule has 0 aromatic heterocycles. The maximum atomic E-state index is 12.0.